The average Bonchev–Trinajstić information content (AvgIpc) is 2.47. The summed E-state index contributed by atoms with van der Waals surface area (Å²) in [7, 11) is -0.489. The first kappa shape index (κ1) is 16.3. The summed E-state index contributed by atoms with van der Waals surface area (Å²) in [6.45, 7) is 2.81. The largest absolute Gasteiger partial charge is 0.381 e. The van der Waals surface area contributed by atoms with Gasteiger partial charge >= 0.3 is 10.2 Å². The highest BCUT2D eigenvalue weighted by molar-refractivity contribution is 7.90. The van der Waals surface area contributed by atoms with Gasteiger partial charge in [0, 0.05) is 32.0 Å². The Labute approximate surface area is 132 Å². The molecule has 0 bridgehead atoms. The van der Waals surface area contributed by atoms with E-state index in [0.717, 1.165) is 16.5 Å². The van der Waals surface area contributed by atoms with Crippen LogP contribution in [0.5, 0.6) is 0 Å². The molecule has 0 heterocycles. The van der Waals surface area contributed by atoms with E-state index in [1.165, 1.54) is 25.2 Å². The molecule has 0 aliphatic carbocycles. The summed E-state index contributed by atoms with van der Waals surface area (Å²) in [6.07, 6.45) is 0. The number of hydrogen-bond acceptors (Lipinski definition) is 3. The van der Waals surface area contributed by atoms with Crippen LogP contribution in [0.2, 0.25) is 0 Å². The molecular weight excluding hydrogens is 298 g/mol. The van der Waals surface area contributed by atoms with Crippen molar-refractivity contribution >= 4 is 21.6 Å². The van der Waals surface area contributed by atoms with Gasteiger partial charge in [-0.1, -0.05) is 24.3 Å². The maximum atomic E-state index is 11.7. The van der Waals surface area contributed by atoms with Gasteiger partial charge in [-0.3, -0.25) is 4.72 Å². The fourth-order valence-electron chi connectivity index (χ4n) is 1.90. The molecule has 2 N–H and O–H groups in total. The van der Waals surface area contributed by atoms with Crippen LogP contribution in [0.25, 0.3) is 0 Å². The fourth-order valence-corrected chi connectivity index (χ4v) is 2.52. The van der Waals surface area contributed by atoms with Gasteiger partial charge in [0.25, 0.3) is 0 Å². The van der Waals surface area contributed by atoms with Crippen LogP contribution in [0.4, 0.5) is 11.4 Å². The quantitative estimate of drug-likeness (QED) is 0.860. The van der Waals surface area contributed by atoms with Gasteiger partial charge < -0.3 is 5.32 Å². The molecule has 0 spiro atoms. The van der Waals surface area contributed by atoms with Crippen LogP contribution in [0.3, 0.4) is 0 Å². The number of nitrogens with zero attached hydrogens (tertiary/aromatic N) is 1. The predicted molar refractivity (Wildman–Crippen MR) is 91.2 cm³/mol. The highest BCUT2D eigenvalue weighted by Crippen LogP contribution is 2.17. The molecule has 0 saturated heterocycles. The van der Waals surface area contributed by atoms with Crippen LogP contribution in [-0.2, 0) is 16.8 Å². The van der Waals surface area contributed by atoms with E-state index >= 15 is 0 Å². The summed E-state index contributed by atoms with van der Waals surface area (Å²) in [5.74, 6) is 0. The zero-order valence-corrected chi connectivity index (χ0v) is 13.8. The van der Waals surface area contributed by atoms with Crippen molar-refractivity contribution in [3.8, 4) is 0 Å². The van der Waals surface area contributed by atoms with E-state index in [4.69, 9.17) is 0 Å². The molecule has 118 valence electrons. The lowest BCUT2D eigenvalue weighted by Gasteiger charge is -2.14. The van der Waals surface area contributed by atoms with Crippen LogP contribution >= 0.6 is 0 Å². The van der Waals surface area contributed by atoms with Crippen molar-refractivity contribution in [2.75, 3.05) is 24.1 Å². The lowest BCUT2D eigenvalue weighted by atomic mass is 10.1. The van der Waals surface area contributed by atoms with Gasteiger partial charge in [-0.2, -0.15) is 12.7 Å². The minimum Gasteiger partial charge on any atom is -0.381 e. The Kier molecular flexibility index (Phi) is 5.05. The van der Waals surface area contributed by atoms with Gasteiger partial charge in [-0.05, 0) is 42.3 Å². The van der Waals surface area contributed by atoms with E-state index in [1.54, 1.807) is 12.1 Å². The van der Waals surface area contributed by atoms with Crippen LogP contribution in [-0.4, -0.2) is 26.8 Å². The molecule has 5 nitrogen and oxygen atoms in total. The summed E-state index contributed by atoms with van der Waals surface area (Å²) < 4.78 is 27.1. The summed E-state index contributed by atoms with van der Waals surface area (Å²) in [5, 5.41) is 3.33. The number of aryl methyl sites for hydroxylation is 1. The normalized spacial score (nSPS) is 11.5. The van der Waals surface area contributed by atoms with Gasteiger partial charge in [-0.15, -0.1) is 0 Å². The number of hydrogen-bond donors (Lipinski definition) is 2. The summed E-state index contributed by atoms with van der Waals surface area (Å²) in [4.78, 5) is 0. The minimum atomic E-state index is -3.46. The van der Waals surface area contributed by atoms with Crippen LogP contribution in [0.15, 0.2) is 48.5 Å². The van der Waals surface area contributed by atoms with Crippen LogP contribution in [0, 0.1) is 6.92 Å². The van der Waals surface area contributed by atoms with Gasteiger partial charge in [0.1, 0.15) is 0 Å². The Morgan fingerprint density at radius 1 is 0.955 bits per heavy atom. The molecule has 0 aromatic heterocycles. The Bertz CT molecular complexity index is 725. The molecule has 0 atom stereocenters. The molecule has 0 amide bonds. The van der Waals surface area contributed by atoms with Crippen molar-refractivity contribution in [3.05, 3.63) is 59.7 Å². The van der Waals surface area contributed by atoms with E-state index in [2.05, 4.69) is 29.1 Å². The first-order chi connectivity index (χ1) is 10.4. The lowest BCUT2D eigenvalue weighted by Crippen LogP contribution is -2.28. The van der Waals surface area contributed by atoms with Crippen molar-refractivity contribution in [1.29, 1.82) is 0 Å². The van der Waals surface area contributed by atoms with Crippen molar-refractivity contribution in [2.45, 2.75) is 13.5 Å². The Balaban J connectivity index is 1.99. The smallest absolute Gasteiger partial charge is 0.301 e. The van der Waals surface area contributed by atoms with Gasteiger partial charge in [-0.25, -0.2) is 0 Å². The molecular formula is C16H21N3O2S. The minimum absolute atomic E-state index is 0.537. The predicted octanol–water partition coefficient (Wildman–Crippen LogP) is 2.83. The van der Waals surface area contributed by atoms with Gasteiger partial charge in [0.2, 0.25) is 0 Å². The zero-order chi connectivity index (χ0) is 16.2. The van der Waals surface area contributed by atoms with E-state index < -0.39 is 10.2 Å². The molecule has 0 saturated carbocycles. The second-order valence-electron chi connectivity index (χ2n) is 5.25. The Morgan fingerprint density at radius 2 is 1.55 bits per heavy atom. The fraction of sp³-hybridized carbons (Fsp3) is 0.250. The zero-order valence-electron chi connectivity index (χ0n) is 13.0. The summed E-state index contributed by atoms with van der Waals surface area (Å²) in [6, 6.07) is 15.4. The van der Waals surface area contributed by atoms with Crippen molar-refractivity contribution < 1.29 is 8.42 Å². The molecule has 0 aliphatic heterocycles. The molecule has 22 heavy (non-hydrogen) atoms. The van der Waals surface area contributed by atoms with Crippen molar-refractivity contribution in [2.24, 2.45) is 0 Å². The number of benzene rings is 2. The van der Waals surface area contributed by atoms with E-state index in [1.807, 2.05) is 24.3 Å². The highest BCUT2D eigenvalue weighted by Gasteiger charge is 2.12. The van der Waals surface area contributed by atoms with E-state index in [-0.39, 0.29) is 0 Å². The molecule has 0 fully saturated rings. The van der Waals surface area contributed by atoms with Crippen LogP contribution < -0.4 is 10.0 Å². The maximum absolute atomic E-state index is 11.7. The molecule has 6 heteroatoms. The van der Waals surface area contributed by atoms with E-state index in [9.17, 15) is 8.42 Å². The highest BCUT2D eigenvalue weighted by atomic mass is 32.2. The topological polar surface area (TPSA) is 61.4 Å². The third kappa shape index (κ3) is 4.22. The van der Waals surface area contributed by atoms with Crippen LogP contribution in [0.1, 0.15) is 11.1 Å². The Morgan fingerprint density at radius 3 is 2.14 bits per heavy atom. The number of rotatable bonds is 6. The number of nitrogens with one attached hydrogen (secondary N) is 2. The Hall–Kier alpha value is -2.05. The standard InChI is InChI=1S/C16H21N3O2S/c1-13-6-4-5-7-14(13)12-17-15-8-10-16(11-9-15)18-22(20,21)19(2)3/h4-11,17-18H,12H2,1-3H3. The molecule has 2 aromatic carbocycles. The SMILES string of the molecule is Cc1ccccc1CNc1ccc(NS(=O)(=O)N(C)C)cc1. The third-order valence-electron chi connectivity index (χ3n) is 3.36. The maximum Gasteiger partial charge on any atom is 0.301 e. The van der Waals surface area contributed by atoms with Gasteiger partial charge in [0.15, 0.2) is 0 Å². The summed E-state index contributed by atoms with van der Waals surface area (Å²) in [5.41, 5.74) is 3.96. The molecule has 0 radical (unpaired) electrons. The van der Waals surface area contributed by atoms with Crippen molar-refractivity contribution in [1.82, 2.24) is 4.31 Å². The monoisotopic (exact) mass is 319 g/mol. The lowest BCUT2D eigenvalue weighted by molar-refractivity contribution is 0.527. The van der Waals surface area contributed by atoms with Crippen molar-refractivity contribution in [3.63, 3.8) is 0 Å². The molecule has 2 rings (SSSR count). The third-order valence-corrected chi connectivity index (χ3v) is 4.81. The van der Waals surface area contributed by atoms with E-state index in [0.29, 0.717) is 5.69 Å². The first-order valence-corrected chi connectivity index (χ1v) is 8.41. The molecule has 0 unspecified atom stereocenters. The van der Waals surface area contributed by atoms with Gasteiger partial charge in [0.05, 0.1) is 0 Å². The first-order valence-electron chi connectivity index (χ1n) is 6.97. The average molecular weight is 319 g/mol. The second kappa shape index (κ2) is 6.81. The molecule has 0 aliphatic rings. The number of anilines is 2. The molecule has 2 aromatic rings. The second-order valence-corrected chi connectivity index (χ2v) is 7.13. The summed E-state index contributed by atoms with van der Waals surface area (Å²) >= 11 is 0.